The summed E-state index contributed by atoms with van der Waals surface area (Å²) in [5.41, 5.74) is 13.6. The fourth-order valence-corrected chi connectivity index (χ4v) is 10.8. The van der Waals surface area contributed by atoms with Gasteiger partial charge in [0, 0.05) is 27.5 Å². The molecule has 0 bridgehead atoms. The lowest BCUT2D eigenvalue weighted by atomic mass is 9.92. The molecule has 1 aromatic heterocycles. The SMILES string of the molecule is c1ccc(-c2ccc(N3c4ccc(-c5ccc6c(c5)c5ccccc5n6-c5cccc(-c6ccc7c8ccccc8c8ccccc8c7c6)c5)cc4Oc4c3ccc3ccccc43)cc2)cc1. The van der Waals surface area contributed by atoms with Gasteiger partial charge >= 0.3 is 0 Å². The second-order valence-electron chi connectivity index (χ2n) is 17.7. The summed E-state index contributed by atoms with van der Waals surface area (Å²) in [7, 11) is 0. The van der Waals surface area contributed by atoms with E-state index in [1.807, 2.05) is 0 Å². The van der Waals surface area contributed by atoms with Gasteiger partial charge in [0.15, 0.2) is 11.5 Å². The van der Waals surface area contributed by atoms with Crippen LogP contribution in [-0.4, -0.2) is 4.57 Å². The van der Waals surface area contributed by atoms with E-state index in [1.54, 1.807) is 0 Å². The lowest BCUT2D eigenvalue weighted by Gasteiger charge is -2.34. The number of nitrogens with zero attached hydrogens (tertiary/aromatic N) is 2. The molecule has 0 aliphatic carbocycles. The van der Waals surface area contributed by atoms with Crippen LogP contribution < -0.4 is 9.64 Å². The molecule has 0 unspecified atom stereocenters. The van der Waals surface area contributed by atoms with Crippen LogP contribution in [0.1, 0.15) is 0 Å². The van der Waals surface area contributed by atoms with Crippen LogP contribution >= 0.6 is 0 Å². The maximum Gasteiger partial charge on any atom is 0.159 e. The van der Waals surface area contributed by atoms with Gasteiger partial charge in [0.1, 0.15) is 0 Å². The van der Waals surface area contributed by atoms with E-state index in [0.29, 0.717) is 0 Å². The first kappa shape index (κ1) is 37.5. The van der Waals surface area contributed by atoms with Crippen molar-refractivity contribution in [3.05, 3.63) is 243 Å². The largest absolute Gasteiger partial charge is 0.452 e. The monoisotopic (exact) mass is 852 g/mol. The van der Waals surface area contributed by atoms with Gasteiger partial charge in [0.05, 0.1) is 22.4 Å². The number of para-hydroxylation sites is 1. The molecule has 1 aliphatic heterocycles. The van der Waals surface area contributed by atoms with Crippen molar-refractivity contribution in [3.63, 3.8) is 0 Å². The molecule has 2 heterocycles. The summed E-state index contributed by atoms with van der Waals surface area (Å²) >= 11 is 0. The van der Waals surface area contributed by atoms with Gasteiger partial charge in [-0.3, -0.25) is 0 Å². The highest BCUT2D eigenvalue weighted by Gasteiger charge is 2.28. The molecule has 0 fully saturated rings. The molecule has 3 heteroatoms. The van der Waals surface area contributed by atoms with Gasteiger partial charge in [-0.2, -0.15) is 0 Å². The van der Waals surface area contributed by atoms with E-state index in [2.05, 4.69) is 252 Å². The highest BCUT2D eigenvalue weighted by Crippen LogP contribution is 2.54. The molecular weight excluding hydrogens is 813 g/mol. The minimum absolute atomic E-state index is 0.822. The molecule has 0 N–H and O–H groups in total. The van der Waals surface area contributed by atoms with Gasteiger partial charge in [-0.25, -0.2) is 0 Å². The zero-order valence-electron chi connectivity index (χ0n) is 36.4. The maximum atomic E-state index is 6.98. The lowest BCUT2D eigenvalue weighted by Crippen LogP contribution is -2.16. The molecule has 0 saturated heterocycles. The first-order valence-electron chi connectivity index (χ1n) is 23.0. The highest BCUT2D eigenvalue weighted by atomic mass is 16.5. The minimum Gasteiger partial charge on any atom is -0.452 e. The molecule has 0 saturated carbocycles. The summed E-state index contributed by atoms with van der Waals surface area (Å²) in [6.45, 7) is 0. The van der Waals surface area contributed by atoms with E-state index >= 15 is 0 Å². The Bertz CT molecular complexity index is 4090. The van der Waals surface area contributed by atoms with Crippen molar-refractivity contribution >= 4 is 82.0 Å². The molecule has 0 amide bonds. The van der Waals surface area contributed by atoms with E-state index in [1.165, 1.54) is 70.9 Å². The molecule has 1 aliphatic rings. The first-order chi connectivity index (χ1) is 33.2. The lowest BCUT2D eigenvalue weighted by molar-refractivity contribution is 0.483. The zero-order valence-corrected chi connectivity index (χ0v) is 36.4. The van der Waals surface area contributed by atoms with Crippen molar-refractivity contribution in [3.8, 4) is 50.6 Å². The normalized spacial score (nSPS) is 12.3. The van der Waals surface area contributed by atoms with Crippen molar-refractivity contribution in [1.29, 1.82) is 0 Å². The number of ether oxygens (including phenoxy) is 1. The molecule has 3 nitrogen and oxygen atoms in total. The Kier molecular flexibility index (Phi) is 8.28. The summed E-state index contributed by atoms with van der Waals surface area (Å²) in [6.07, 6.45) is 0. The number of anilines is 3. The van der Waals surface area contributed by atoms with Crippen LogP contribution in [-0.2, 0) is 0 Å². The zero-order chi connectivity index (χ0) is 44.0. The number of hydrogen-bond acceptors (Lipinski definition) is 2. The number of benzene rings is 12. The van der Waals surface area contributed by atoms with Gasteiger partial charge in [-0.05, 0) is 138 Å². The highest BCUT2D eigenvalue weighted by molar-refractivity contribution is 6.25. The van der Waals surface area contributed by atoms with Gasteiger partial charge in [-0.1, -0.05) is 176 Å². The van der Waals surface area contributed by atoms with Crippen molar-refractivity contribution in [2.75, 3.05) is 4.90 Å². The third-order valence-electron chi connectivity index (χ3n) is 13.9. The van der Waals surface area contributed by atoms with E-state index < -0.39 is 0 Å². The van der Waals surface area contributed by atoms with Crippen molar-refractivity contribution in [2.24, 2.45) is 0 Å². The fraction of sp³-hybridized carbons (Fsp3) is 0. The quantitative estimate of drug-likeness (QED) is 0.161. The molecule has 13 aromatic rings. The van der Waals surface area contributed by atoms with Crippen LogP contribution in [0.25, 0.3) is 104 Å². The number of hydrogen-bond donors (Lipinski definition) is 0. The smallest absolute Gasteiger partial charge is 0.159 e. The Hall–Kier alpha value is -8.92. The van der Waals surface area contributed by atoms with Crippen LogP contribution in [0, 0.1) is 0 Å². The minimum atomic E-state index is 0.822. The average molecular weight is 853 g/mol. The molecular formula is C64H40N2O. The van der Waals surface area contributed by atoms with Crippen LogP contribution in [0.3, 0.4) is 0 Å². The van der Waals surface area contributed by atoms with Crippen LogP contribution in [0.4, 0.5) is 17.1 Å². The third kappa shape index (κ3) is 5.92. The summed E-state index contributed by atoms with van der Waals surface area (Å²) < 4.78 is 9.40. The van der Waals surface area contributed by atoms with Gasteiger partial charge < -0.3 is 14.2 Å². The van der Waals surface area contributed by atoms with Crippen LogP contribution in [0.5, 0.6) is 11.5 Å². The summed E-state index contributed by atoms with van der Waals surface area (Å²) in [5.74, 6) is 1.68. The number of fused-ring (bicyclic) bond motifs is 13. The Labute approximate surface area is 387 Å². The van der Waals surface area contributed by atoms with E-state index in [4.69, 9.17) is 4.74 Å². The molecule has 0 spiro atoms. The molecule has 67 heavy (non-hydrogen) atoms. The predicted octanol–water partition coefficient (Wildman–Crippen LogP) is 18.0. The Morgan fingerprint density at radius 2 is 0.791 bits per heavy atom. The Balaban J connectivity index is 0.871. The van der Waals surface area contributed by atoms with E-state index in [0.717, 1.165) is 61.7 Å². The van der Waals surface area contributed by atoms with Gasteiger partial charge in [-0.15, -0.1) is 0 Å². The third-order valence-corrected chi connectivity index (χ3v) is 13.9. The topological polar surface area (TPSA) is 17.4 Å². The molecule has 14 rings (SSSR count). The molecule has 0 atom stereocenters. The summed E-state index contributed by atoms with van der Waals surface area (Å²) in [6, 6.07) is 88.2. The van der Waals surface area contributed by atoms with Crippen molar-refractivity contribution in [2.45, 2.75) is 0 Å². The van der Waals surface area contributed by atoms with E-state index in [9.17, 15) is 0 Å². The standard InChI is InChI=1S/C64H40N2O/c1-2-13-41(14-3-1)42-25-31-48(32-26-42)65-61-35-30-47(40-63(61)67-64-50-18-5-4-15-43(50)28-36-62(64)65)46-29-34-60-58(39-46)56-23-10-11-24-59(56)66(60)49-17-12-16-44(37-49)45-27-33-55-53-21-7-6-19-51(53)52-20-8-9-22-54(52)57(55)38-45/h1-40H. The van der Waals surface area contributed by atoms with E-state index in [-0.39, 0.29) is 0 Å². The molecule has 312 valence electrons. The second-order valence-corrected chi connectivity index (χ2v) is 17.7. The molecule has 12 aromatic carbocycles. The fourth-order valence-electron chi connectivity index (χ4n) is 10.8. The van der Waals surface area contributed by atoms with Crippen LogP contribution in [0.15, 0.2) is 243 Å². The van der Waals surface area contributed by atoms with Gasteiger partial charge in [0.2, 0.25) is 0 Å². The summed E-state index contributed by atoms with van der Waals surface area (Å²) in [4.78, 5) is 2.34. The Morgan fingerprint density at radius 3 is 1.57 bits per heavy atom. The van der Waals surface area contributed by atoms with Crippen molar-refractivity contribution < 1.29 is 4.74 Å². The van der Waals surface area contributed by atoms with Crippen LogP contribution in [0.2, 0.25) is 0 Å². The first-order valence-corrected chi connectivity index (χ1v) is 23.0. The second kappa shape index (κ2) is 14.8. The number of aromatic nitrogens is 1. The van der Waals surface area contributed by atoms with Gasteiger partial charge in [0.25, 0.3) is 0 Å². The Morgan fingerprint density at radius 1 is 0.269 bits per heavy atom. The molecule has 0 radical (unpaired) electrons. The number of rotatable bonds is 5. The maximum absolute atomic E-state index is 6.98. The van der Waals surface area contributed by atoms with Crippen molar-refractivity contribution in [1.82, 2.24) is 4.57 Å². The summed E-state index contributed by atoms with van der Waals surface area (Å²) in [5, 5.41) is 12.4. The average Bonchev–Trinajstić information content (AvgIpc) is 3.74. The predicted molar refractivity (Wildman–Crippen MR) is 282 cm³/mol.